The number of carbonyl (C=O) groups excluding carboxylic acids is 1. The van der Waals surface area contributed by atoms with Gasteiger partial charge in [0.25, 0.3) is 0 Å². The molecule has 0 bridgehead atoms. The molecule has 0 aliphatic rings. The van der Waals surface area contributed by atoms with E-state index in [0.717, 1.165) is 10.6 Å². The van der Waals surface area contributed by atoms with Crippen LogP contribution in [0.1, 0.15) is 6.92 Å². The van der Waals surface area contributed by atoms with Crippen LogP contribution in [-0.2, 0) is 14.8 Å². The lowest BCUT2D eigenvalue weighted by atomic mass is 10.2. The number of rotatable bonds is 6. The molecule has 0 aliphatic carbocycles. The topological polar surface area (TPSA) is 75.7 Å². The van der Waals surface area contributed by atoms with Crippen LogP contribution in [0.2, 0.25) is 0 Å². The highest BCUT2D eigenvalue weighted by Gasteiger charge is 2.29. The van der Waals surface area contributed by atoms with E-state index in [-0.39, 0.29) is 5.69 Å². The lowest BCUT2D eigenvalue weighted by molar-refractivity contribution is -0.116. The van der Waals surface area contributed by atoms with Crippen molar-refractivity contribution in [1.29, 1.82) is 0 Å². The summed E-state index contributed by atoms with van der Waals surface area (Å²) < 4.78 is 44.9. The zero-order valence-corrected chi connectivity index (χ0v) is 16.8. The van der Waals surface area contributed by atoms with Crippen LogP contribution in [0, 0.1) is 5.82 Å². The molecule has 0 heterocycles. The van der Waals surface area contributed by atoms with Crippen LogP contribution in [0.4, 0.5) is 15.8 Å². The third-order valence-corrected chi connectivity index (χ3v) is 5.34. The van der Waals surface area contributed by atoms with Crippen molar-refractivity contribution in [2.45, 2.75) is 13.0 Å². The van der Waals surface area contributed by atoms with E-state index in [4.69, 9.17) is 4.74 Å². The summed E-state index contributed by atoms with van der Waals surface area (Å²) >= 11 is 3.13. The van der Waals surface area contributed by atoms with Crippen LogP contribution in [0.5, 0.6) is 5.75 Å². The van der Waals surface area contributed by atoms with Crippen LogP contribution in [0.3, 0.4) is 0 Å². The molecule has 1 N–H and O–H groups in total. The lowest BCUT2D eigenvalue weighted by Crippen LogP contribution is -2.45. The number of nitrogens with one attached hydrogen (secondary N) is 1. The molecule has 0 unspecified atom stereocenters. The van der Waals surface area contributed by atoms with Crippen LogP contribution in [-0.4, -0.2) is 33.7 Å². The molecular weight excluding hydrogens is 427 g/mol. The van der Waals surface area contributed by atoms with Gasteiger partial charge in [0.15, 0.2) is 0 Å². The minimum atomic E-state index is -3.76. The molecule has 0 aliphatic heterocycles. The first kappa shape index (κ1) is 20.2. The molecule has 140 valence electrons. The van der Waals surface area contributed by atoms with Gasteiger partial charge in [0.2, 0.25) is 15.9 Å². The third-order valence-electron chi connectivity index (χ3n) is 3.60. The number of methoxy groups -OCH3 is 1. The van der Waals surface area contributed by atoms with Crippen molar-refractivity contribution in [2.24, 2.45) is 0 Å². The zero-order valence-electron chi connectivity index (χ0n) is 14.4. The van der Waals surface area contributed by atoms with Crippen molar-refractivity contribution in [3.05, 3.63) is 52.8 Å². The van der Waals surface area contributed by atoms with Gasteiger partial charge in [-0.1, -0.05) is 15.9 Å². The highest BCUT2D eigenvalue weighted by molar-refractivity contribution is 9.10. The van der Waals surface area contributed by atoms with E-state index in [1.54, 1.807) is 18.2 Å². The van der Waals surface area contributed by atoms with Gasteiger partial charge < -0.3 is 10.1 Å². The van der Waals surface area contributed by atoms with Gasteiger partial charge in [0.05, 0.1) is 24.7 Å². The summed E-state index contributed by atoms with van der Waals surface area (Å²) in [6.45, 7) is 1.43. The molecular formula is C17H18BrFN2O4S. The summed E-state index contributed by atoms with van der Waals surface area (Å²) in [5.74, 6) is -0.737. The molecule has 0 saturated carbocycles. The second-order valence-electron chi connectivity index (χ2n) is 5.55. The number of ether oxygens (including phenoxy) is 1. The average Bonchev–Trinajstić information content (AvgIpc) is 2.56. The Morgan fingerprint density at radius 1 is 1.23 bits per heavy atom. The number of anilines is 2. The maximum Gasteiger partial charge on any atom is 0.248 e. The maximum absolute atomic E-state index is 13.9. The van der Waals surface area contributed by atoms with Gasteiger partial charge in [-0.15, -0.1) is 0 Å². The van der Waals surface area contributed by atoms with E-state index >= 15 is 0 Å². The summed E-state index contributed by atoms with van der Waals surface area (Å²) in [5, 5.41) is 2.42. The Bertz CT molecular complexity index is 903. The number of carbonyl (C=O) groups is 1. The Kier molecular flexibility index (Phi) is 6.25. The van der Waals surface area contributed by atoms with Crippen LogP contribution in [0.25, 0.3) is 0 Å². The fourth-order valence-corrected chi connectivity index (χ4v) is 3.87. The molecule has 26 heavy (non-hydrogen) atoms. The fourth-order valence-electron chi connectivity index (χ4n) is 2.37. The van der Waals surface area contributed by atoms with Crippen molar-refractivity contribution in [3.8, 4) is 5.75 Å². The van der Waals surface area contributed by atoms with Gasteiger partial charge in [-0.05, 0) is 49.4 Å². The molecule has 0 saturated heterocycles. The molecule has 2 rings (SSSR count). The van der Waals surface area contributed by atoms with Gasteiger partial charge in [-0.3, -0.25) is 9.10 Å². The van der Waals surface area contributed by atoms with E-state index in [9.17, 15) is 17.6 Å². The third kappa shape index (κ3) is 4.73. The van der Waals surface area contributed by atoms with Gasteiger partial charge in [0, 0.05) is 4.47 Å². The highest BCUT2D eigenvalue weighted by Crippen LogP contribution is 2.25. The summed E-state index contributed by atoms with van der Waals surface area (Å²) in [5.41, 5.74) is 0.264. The van der Waals surface area contributed by atoms with Crippen molar-refractivity contribution < 1.29 is 22.3 Å². The number of sulfonamides is 1. The predicted molar refractivity (Wildman–Crippen MR) is 103 cm³/mol. The quantitative estimate of drug-likeness (QED) is 0.740. The van der Waals surface area contributed by atoms with E-state index in [1.807, 2.05) is 0 Å². The van der Waals surface area contributed by atoms with Crippen molar-refractivity contribution in [1.82, 2.24) is 0 Å². The van der Waals surface area contributed by atoms with Crippen LogP contribution < -0.4 is 14.4 Å². The Hall–Kier alpha value is -2.13. The summed E-state index contributed by atoms with van der Waals surface area (Å²) in [4.78, 5) is 12.5. The normalized spacial score (nSPS) is 12.3. The number of amides is 1. The summed E-state index contributed by atoms with van der Waals surface area (Å²) in [7, 11) is -2.27. The number of nitrogens with zero attached hydrogens (tertiary/aromatic N) is 1. The van der Waals surface area contributed by atoms with Crippen molar-refractivity contribution in [2.75, 3.05) is 23.0 Å². The first-order valence-electron chi connectivity index (χ1n) is 7.53. The summed E-state index contributed by atoms with van der Waals surface area (Å²) in [6, 6.07) is 9.32. The van der Waals surface area contributed by atoms with E-state index in [2.05, 4.69) is 21.2 Å². The number of benzene rings is 2. The number of hydrogen-bond acceptors (Lipinski definition) is 4. The van der Waals surface area contributed by atoms with Crippen molar-refractivity contribution in [3.63, 3.8) is 0 Å². The largest absolute Gasteiger partial charge is 0.497 e. The Labute approximate surface area is 160 Å². The SMILES string of the molecule is COc1ccc(N([C@@H](C)C(=O)Nc2ccc(Br)cc2F)S(C)(=O)=O)cc1. The minimum absolute atomic E-state index is 0.0340. The first-order chi connectivity index (χ1) is 12.1. The monoisotopic (exact) mass is 444 g/mol. The van der Waals surface area contributed by atoms with E-state index < -0.39 is 27.8 Å². The molecule has 6 nitrogen and oxygen atoms in total. The molecule has 0 fully saturated rings. The molecule has 0 aromatic heterocycles. The van der Waals surface area contributed by atoms with Gasteiger partial charge >= 0.3 is 0 Å². The number of hydrogen-bond donors (Lipinski definition) is 1. The predicted octanol–water partition coefficient (Wildman–Crippen LogP) is 3.39. The molecule has 0 radical (unpaired) electrons. The van der Waals surface area contributed by atoms with Crippen molar-refractivity contribution >= 4 is 43.2 Å². The molecule has 2 aromatic rings. The second kappa shape index (κ2) is 8.05. The van der Waals surface area contributed by atoms with Gasteiger partial charge in [-0.2, -0.15) is 0 Å². The Morgan fingerprint density at radius 2 is 1.85 bits per heavy atom. The average molecular weight is 445 g/mol. The smallest absolute Gasteiger partial charge is 0.248 e. The number of halogens is 2. The second-order valence-corrected chi connectivity index (χ2v) is 8.32. The zero-order chi connectivity index (χ0) is 19.5. The molecule has 9 heteroatoms. The highest BCUT2D eigenvalue weighted by atomic mass is 79.9. The van der Waals surface area contributed by atoms with E-state index in [1.165, 1.54) is 38.3 Å². The lowest BCUT2D eigenvalue weighted by Gasteiger charge is -2.28. The van der Waals surface area contributed by atoms with Crippen LogP contribution >= 0.6 is 15.9 Å². The fraction of sp³-hybridized carbons (Fsp3) is 0.235. The molecule has 2 aromatic carbocycles. The first-order valence-corrected chi connectivity index (χ1v) is 10.2. The summed E-state index contributed by atoms with van der Waals surface area (Å²) in [6.07, 6.45) is 1.00. The molecule has 1 atom stereocenters. The Balaban J connectivity index is 2.30. The minimum Gasteiger partial charge on any atom is -0.497 e. The molecule has 1 amide bonds. The molecule has 0 spiro atoms. The van der Waals surface area contributed by atoms with Gasteiger partial charge in [0.1, 0.15) is 17.6 Å². The van der Waals surface area contributed by atoms with Crippen LogP contribution in [0.15, 0.2) is 46.9 Å². The maximum atomic E-state index is 13.9. The standard InChI is InChI=1S/C17H18BrFN2O4S/c1-11(17(22)20-16-9-4-12(18)10-15(16)19)21(26(3,23)24)13-5-7-14(25-2)8-6-13/h4-11H,1-3H3,(H,20,22)/t11-/m0/s1. The van der Waals surface area contributed by atoms with Gasteiger partial charge in [-0.25, -0.2) is 12.8 Å². The Morgan fingerprint density at radius 3 is 2.35 bits per heavy atom. The van der Waals surface area contributed by atoms with E-state index in [0.29, 0.717) is 15.9 Å².